The summed E-state index contributed by atoms with van der Waals surface area (Å²) in [7, 11) is 1.70. The van der Waals surface area contributed by atoms with Crippen molar-refractivity contribution < 1.29 is 9.84 Å². The average Bonchev–Trinajstić information content (AvgIpc) is 3.04. The highest BCUT2D eigenvalue weighted by molar-refractivity contribution is 5.46. The summed E-state index contributed by atoms with van der Waals surface area (Å²) >= 11 is 0. The van der Waals surface area contributed by atoms with Gasteiger partial charge in [-0.1, -0.05) is 18.9 Å². The van der Waals surface area contributed by atoms with E-state index in [0.717, 1.165) is 37.5 Å². The van der Waals surface area contributed by atoms with Crippen LogP contribution in [0.4, 0.5) is 0 Å². The highest BCUT2D eigenvalue weighted by atomic mass is 16.5. The Morgan fingerprint density at radius 1 is 1.24 bits per heavy atom. The molecule has 1 aliphatic heterocycles. The zero-order chi connectivity index (χ0) is 14.7. The number of nitrogens with zero attached hydrogens (tertiary/aromatic N) is 1. The van der Waals surface area contributed by atoms with Crippen molar-refractivity contribution >= 4 is 0 Å². The summed E-state index contributed by atoms with van der Waals surface area (Å²) in [5.74, 6) is 1.83. The van der Waals surface area contributed by atoms with Gasteiger partial charge in [-0.25, -0.2) is 0 Å². The number of rotatable bonds is 4. The third-order valence-electron chi connectivity index (χ3n) is 4.95. The van der Waals surface area contributed by atoms with Gasteiger partial charge in [0, 0.05) is 32.2 Å². The fraction of sp³-hybridized carbons (Fsp3) is 0.647. The first-order valence-electron chi connectivity index (χ1n) is 8.12. The van der Waals surface area contributed by atoms with Gasteiger partial charge in [0.1, 0.15) is 11.5 Å². The second-order valence-electron chi connectivity index (χ2n) is 6.17. The number of piperazine rings is 1. The molecule has 0 amide bonds. The minimum atomic E-state index is 0.283. The smallest absolute Gasteiger partial charge is 0.127 e. The van der Waals surface area contributed by atoms with Crippen molar-refractivity contribution in [2.45, 2.75) is 31.7 Å². The molecule has 0 unspecified atom stereocenters. The van der Waals surface area contributed by atoms with Gasteiger partial charge in [-0.05, 0) is 30.9 Å². The van der Waals surface area contributed by atoms with Crippen LogP contribution in [-0.2, 0) is 0 Å². The van der Waals surface area contributed by atoms with Crippen LogP contribution in [0.15, 0.2) is 18.2 Å². The predicted octanol–water partition coefficient (Wildman–Crippen LogP) is 2.54. The Bertz CT molecular complexity index is 466. The lowest BCUT2D eigenvalue weighted by Gasteiger charge is -2.39. The van der Waals surface area contributed by atoms with Crippen LogP contribution in [0.1, 0.15) is 37.3 Å². The summed E-state index contributed by atoms with van der Waals surface area (Å²) in [5, 5.41) is 13.9. The van der Waals surface area contributed by atoms with Crippen LogP contribution in [0.5, 0.6) is 11.5 Å². The molecule has 1 atom stereocenters. The molecule has 116 valence electrons. The van der Waals surface area contributed by atoms with E-state index in [1.165, 1.54) is 25.7 Å². The first-order chi connectivity index (χ1) is 10.3. The highest BCUT2D eigenvalue weighted by Gasteiger charge is 2.35. The van der Waals surface area contributed by atoms with Gasteiger partial charge < -0.3 is 15.2 Å². The number of benzene rings is 1. The van der Waals surface area contributed by atoms with Gasteiger partial charge in [0.05, 0.1) is 12.7 Å². The Morgan fingerprint density at radius 3 is 2.62 bits per heavy atom. The van der Waals surface area contributed by atoms with E-state index in [0.29, 0.717) is 11.7 Å². The zero-order valence-corrected chi connectivity index (χ0v) is 12.8. The molecule has 1 aromatic carbocycles. The van der Waals surface area contributed by atoms with E-state index in [1.54, 1.807) is 13.2 Å². The van der Waals surface area contributed by atoms with E-state index in [1.807, 2.05) is 12.1 Å². The largest absolute Gasteiger partial charge is 0.507 e. The van der Waals surface area contributed by atoms with E-state index >= 15 is 0 Å². The predicted molar refractivity (Wildman–Crippen MR) is 83.8 cm³/mol. The number of nitrogens with one attached hydrogen (secondary N) is 1. The van der Waals surface area contributed by atoms with E-state index in [4.69, 9.17) is 4.74 Å². The number of hydrogen-bond donors (Lipinski definition) is 2. The molecular formula is C17H26N2O2. The van der Waals surface area contributed by atoms with Gasteiger partial charge >= 0.3 is 0 Å². The molecule has 1 saturated heterocycles. The maximum Gasteiger partial charge on any atom is 0.127 e. The molecule has 2 aliphatic rings. The fourth-order valence-corrected chi connectivity index (χ4v) is 3.96. The van der Waals surface area contributed by atoms with Crippen molar-refractivity contribution in [3.63, 3.8) is 0 Å². The number of methoxy groups -OCH3 is 1. The minimum absolute atomic E-state index is 0.283. The molecule has 4 heteroatoms. The van der Waals surface area contributed by atoms with Gasteiger partial charge in [0.15, 0.2) is 0 Å². The van der Waals surface area contributed by atoms with Gasteiger partial charge in [-0.3, -0.25) is 4.90 Å². The van der Waals surface area contributed by atoms with Gasteiger partial charge in [-0.15, -0.1) is 0 Å². The Morgan fingerprint density at radius 2 is 1.95 bits per heavy atom. The van der Waals surface area contributed by atoms with Crippen LogP contribution in [0.2, 0.25) is 0 Å². The van der Waals surface area contributed by atoms with Crippen LogP contribution in [0.25, 0.3) is 0 Å². The molecule has 1 heterocycles. The minimum Gasteiger partial charge on any atom is -0.507 e. The van der Waals surface area contributed by atoms with Crippen LogP contribution < -0.4 is 10.1 Å². The summed E-state index contributed by atoms with van der Waals surface area (Å²) in [6.45, 7) is 4.13. The number of phenols is 1. The number of hydrogen-bond acceptors (Lipinski definition) is 4. The van der Waals surface area contributed by atoms with Crippen molar-refractivity contribution in [3.05, 3.63) is 23.8 Å². The Balaban J connectivity index is 1.97. The van der Waals surface area contributed by atoms with E-state index in [-0.39, 0.29) is 6.04 Å². The first-order valence-corrected chi connectivity index (χ1v) is 8.12. The van der Waals surface area contributed by atoms with Crippen molar-refractivity contribution in [2.24, 2.45) is 5.92 Å². The summed E-state index contributed by atoms with van der Waals surface area (Å²) in [4.78, 5) is 2.53. The normalized spacial score (nSPS) is 22.3. The summed E-state index contributed by atoms with van der Waals surface area (Å²) in [5.41, 5.74) is 0.994. The standard InChI is InChI=1S/C17H26N2O2/c1-21-15-8-4-7-14(20)16(15)17(13-5-2-3-6-13)19-11-9-18-10-12-19/h4,7-8,13,17-18,20H,2-3,5-6,9-12H2,1H3/t17-/m1/s1. The molecule has 3 rings (SSSR count). The summed E-state index contributed by atoms with van der Waals surface area (Å²) in [6, 6.07) is 5.91. The second kappa shape index (κ2) is 6.67. The lowest BCUT2D eigenvalue weighted by atomic mass is 9.88. The molecule has 4 nitrogen and oxygen atoms in total. The highest BCUT2D eigenvalue weighted by Crippen LogP contribution is 2.45. The molecular weight excluding hydrogens is 264 g/mol. The summed E-state index contributed by atoms with van der Waals surface area (Å²) in [6.07, 6.45) is 5.13. The Kier molecular flexibility index (Phi) is 4.66. The summed E-state index contributed by atoms with van der Waals surface area (Å²) < 4.78 is 5.56. The van der Waals surface area contributed by atoms with Crippen LogP contribution in [-0.4, -0.2) is 43.3 Å². The molecule has 2 N–H and O–H groups in total. The molecule has 1 aliphatic carbocycles. The molecule has 0 bridgehead atoms. The van der Waals surface area contributed by atoms with Crippen molar-refractivity contribution in [1.29, 1.82) is 0 Å². The lowest BCUT2D eigenvalue weighted by Crippen LogP contribution is -2.46. The van der Waals surface area contributed by atoms with Crippen LogP contribution in [0, 0.1) is 5.92 Å². The Labute approximate surface area is 127 Å². The average molecular weight is 290 g/mol. The molecule has 21 heavy (non-hydrogen) atoms. The number of phenolic OH excluding ortho intramolecular Hbond substituents is 1. The second-order valence-corrected chi connectivity index (χ2v) is 6.17. The number of ether oxygens (including phenoxy) is 1. The molecule has 2 fully saturated rings. The van der Waals surface area contributed by atoms with Crippen molar-refractivity contribution in [3.8, 4) is 11.5 Å². The van der Waals surface area contributed by atoms with E-state index < -0.39 is 0 Å². The van der Waals surface area contributed by atoms with Crippen LogP contribution in [0.3, 0.4) is 0 Å². The van der Waals surface area contributed by atoms with Gasteiger partial charge in [-0.2, -0.15) is 0 Å². The lowest BCUT2D eigenvalue weighted by molar-refractivity contribution is 0.121. The zero-order valence-electron chi connectivity index (χ0n) is 12.8. The fourth-order valence-electron chi connectivity index (χ4n) is 3.96. The van der Waals surface area contributed by atoms with Gasteiger partial charge in [0.25, 0.3) is 0 Å². The van der Waals surface area contributed by atoms with Crippen LogP contribution >= 0.6 is 0 Å². The van der Waals surface area contributed by atoms with Crippen molar-refractivity contribution in [2.75, 3.05) is 33.3 Å². The van der Waals surface area contributed by atoms with Gasteiger partial charge in [0.2, 0.25) is 0 Å². The molecule has 1 saturated carbocycles. The first kappa shape index (κ1) is 14.7. The third kappa shape index (κ3) is 3.01. The van der Waals surface area contributed by atoms with Crippen molar-refractivity contribution in [1.82, 2.24) is 10.2 Å². The molecule has 0 radical (unpaired) electrons. The third-order valence-corrected chi connectivity index (χ3v) is 4.95. The maximum atomic E-state index is 10.5. The monoisotopic (exact) mass is 290 g/mol. The Hall–Kier alpha value is -1.26. The van der Waals surface area contributed by atoms with E-state index in [2.05, 4.69) is 10.2 Å². The molecule has 0 aromatic heterocycles. The number of aromatic hydroxyl groups is 1. The molecule has 1 aromatic rings. The quantitative estimate of drug-likeness (QED) is 0.894. The van der Waals surface area contributed by atoms with E-state index in [9.17, 15) is 5.11 Å². The maximum absolute atomic E-state index is 10.5. The molecule has 0 spiro atoms. The SMILES string of the molecule is COc1cccc(O)c1[C@@H](C1CCCC1)N1CCNCC1. The topological polar surface area (TPSA) is 44.7 Å².